The molecule has 12 aromatic rings. The summed E-state index contributed by atoms with van der Waals surface area (Å²) < 4.78 is 76.1. The minimum atomic E-state index is -0.513. The molecule has 4 nitrogen and oxygen atoms in total. The van der Waals surface area contributed by atoms with Crippen molar-refractivity contribution in [3.63, 3.8) is 0 Å². The molecule has 0 fully saturated rings. The van der Waals surface area contributed by atoms with Crippen LogP contribution < -0.4 is 0 Å². The molecule has 5 heteroatoms. The second kappa shape index (κ2) is 13.1. The van der Waals surface area contributed by atoms with Gasteiger partial charge in [-0.15, -0.1) is 11.3 Å². The van der Waals surface area contributed by atoms with E-state index in [4.69, 9.17) is 20.4 Å². The van der Waals surface area contributed by atoms with Gasteiger partial charge in [0.25, 0.3) is 0 Å². The lowest BCUT2D eigenvalue weighted by atomic mass is 9.91. The van der Waals surface area contributed by atoms with Crippen LogP contribution in [0.1, 0.15) is 11.0 Å². The third-order valence-corrected chi connectivity index (χ3v) is 12.0. The van der Waals surface area contributed by atoms with E-state index in [2.05, 4.69) is 54.6 Å². The van der Waals surface area contributed by atoms with E-state index >= 15 is 0 Å². The number of aromatic nitrogens is 4. The van der Waals surface area contributed by atoms with Gasteiger partial charge in [-0.05, 0) is 75.1 Å². The molecule has 0 bridgehead atoms. The molecule has 0 aliphatic heterocycles. The molecule has 12 rings (SSSR count). The van der Waals surface area contributed by atoms with Crippen molar-refractivity contribution in [2.45, 2.75) is 0 Å². The summed E-state index contributed by atoms with van der Waals surface area (Å²) in [5.74, 6) is 1.03. The molecular formula is C53H32N4S. The largest absolute Gasteiger partial charge is 0.308 e. The molecule has 3 aromatic heterocycles. The van der Waals surface area contributed by atoms with E-state index in [1.165, 1.54) is 0 Å². The Morgan fingerprint density at radius 2 is 1.03 bits per heavy atom. The van der Waals surface area contributed by atoms with Crippen LogP contribution in [0.15, 0.2) is 194 Å². The maximum Gasteiger partial charge on any atom is 0.166 e. The monoisotopic (exact) mass is 764 g/mol. The summed E-state index contributed by atoms with van der Waals surface area (Å²) in [5, 5.41) is 6.28. The fraction of sp³-hybridized carbons (Fsp3) is 0. The van der Waals surface area contributed by atoms with E-state index in [0.29, 0.717) is 28.5 Å². The summed E-state index contributed by atoms with van der Waals surface area (Å²) in [6.45, 7) is 0. The maximum absolute atomic E-state index is 9.41. The standard InChI is InChI=1S/C53H32N4S/c1-2-14-33(15-3-1)51-54-52(37-28-29-42-41-21-8-11-27-48(41)58-49(42)32-37)56-53(55-51)50-43(38-22-12-18-36-30-34-16-4-5-17-35(34)31-44(36)38)23-13-26-47(50)57-45-24-9-6-19-39(45)40-20-7-10-25-46(40)57/h1-32H/i6D,7D,9D,10D,19D,20D,24D,25D. The zero-order valence-corrected chi connectivity index (χ0v) is 31.4. The second-order valence-corrected chi connectivity index (χ2v) is 15.3. The predicted octanol–water partition coefficient (Wildman–Crippen LogP) is 14.3. The van der Waals surface area contributed by atoms with Crippen molar-refractivity contribution < 1.29 is 11.0 Å². The van der Waals surface area contributed by atoms with Gasteiger partial charge in [-0.2, -0.15) is 0 Å². The Morgan fingerprint density at radius 3 is 1.84 bits per heavy atom. The van der Waals surface area contributed by atoms with Crippen molar-refractivity contribution in [3.05, 3.63) is 194 Å². The Kier molecular flexibility index (Phi) is 5.77. The topological polar surface area (TPSA) is 43.6 Å². The molecular weight excluding hydrogens is 725 g/mol. The van der Waals surface area contributed by atoms with Crippen LogP contribution in [-0.2, 0) is 0 Å². The Balaban J connectivity index is 1.25. The highest BCUT2D eigenvalue weighted by molar-refractivity contribution is 7.25. The minimum absolute atomic E-state index is 0.00177. The third kappa shape index (κ3) is 5.18. The zero-order chi connectivity index (χ0) is 45.1. The second-order valence-electron chi connectivity index (χ2n) is 14.2. The Bertz CT molecular complexity index is 3980. The lowest BCUT2D eigenvalue weighted by Gasteiger charge is -2.19. The van der Waals surface area contributed by atoms with Crippen LogP contribution in [0, 0.1) is 0 Å². The van der Waals surface area contributed by atoms with Crippen LogP contribution in [-0.4, -0.2) is 19.5 Å². The summed E-state index contributed by atoms with van der Waals surface area (Å²) in [4.78, 5) is 15.7. The highest BCUT2D eigenvalue weighted by atomic mass is 32.1. The number of hydrogen-bond donors (Lipinski definition) is 0. The summed E-state index contributed by atoms with van der Waals surface area (Å²) in [5.41, 5.74) is 3.80. The molecule has 0 spiro atoms. The highest BCUT2D eigenvalue weighted by Gasteiger charge is 2.23. The smallest absolute Gasteiger partial charge is 0.166 e. The molecule has 3 heterocycles. The van der Waals surface area contributed by atoms with Crippen LogP contribution in [0.2, 0.25) is 0 Å². The number of nitrogens with zero attached hydrogens (tertiary/aromatic N) is 4. The van der Waals surface area contributed by atoms with E-state index in [-0.39, 0.29) is 27.6 Å². The molecule has 0 aliphatic carbocycles. The van der Waals surface area contributed by atoms with Gasteiger partial charge in [-0.25, -0.2) is 15.0 Å². The number of rotatable bonds is 5. The number of benzene rings is 9. The number of para-hydroxylation sites is 2. The maximum atomic E-state index is 9.41. The molecule has 0 radical (unpaired) electrons. The van der Waals surface area contributed by atoms with Gasteiger partial charge in [-0.3, -0.25) is 0 Å². The van der Waals surface area contributed by atoms with Gasteiger partial charge < -0.3 is 4.57 Å². The fourth-order valence-electron chi connectivity index (χ4n) is 8.25. The molecule has 58 heavy (non-hydrogen) atoms. The van der Waals surface area contributed by atoms with Gasteiger partial charge in [0, 0.05) is 42.1 Å². The summed E-state index contributed by atoms with van der Waals surface area (Å²) in [6.07, 6.45) is 0. The van der Waals surface area contributed by atoms with Gasteiger partial charge in [0.1, 0.15) is 0 Å². The van der Waals surface area contributed by atoms with Gasteiger partial charge in [0.05, 0.1) is 33.3 Å². The van der Waals surface area contributed by atoms with Crippen molar-refractivity contribution in [2.75, 3.05) is 0 Å². The zero-order valence-electron chi connectivity index (χ0n) is 38.6. The highest BCUT2D eigenvalue weighted by Crippen LogP contribution is 2.43. The van der Waals surface area contributed by atoms with Crippen molar-refractivity contribution in [2.24, 2.45) is 0 Å². The fourth-order valence-corrected chi connectivity index (χ4v) is 9.39. The Morgan fingerprint density at radius 1 is 0.414 bits per heavy atom. The molecule has 0 saturated heterocycles. The van der Waals surface area contributed by atoms with Crippen LogP contribution in [0.4, 0.5) is 0 Å². The average molecular weight is 765 g/mol. The summed E-state index contributed by atoms with van der Waals surface area (Å²) in [6, 6.07) is 44.6. The molecule has 0 unspecified atom stereocenters. The first-order valence-corrected chi connectivity index (χ1v) is 19.7. The van der Waals surface area contributed by atoms with E-state index < -0.39 is 48.3 Å². The van der Waals surface area contributed by atoms with E-state index in [1.54, 1.807) is 22.0 Å². The normalized spacial score (nSPS) is 13.7. The van der Waals surface area contributed by atoms with Crippen LogP contribution in [0.25, 0.3) is 115 Å². The molecule has 270 valence electrons. The van der Waals surface area contributed by atoms with Crippen molar-refractivity contribution >= 4 is 74.9 Å². The number of hydrogen-bond acceptors (Lipinski definition) is 4. The first kappa shape index (κ1) is 25.6. The van der Waals surface area contributed by atoms with Crippen molar-refractivity contribution in [1.82, 2.24) is 19.5 Å². The lowest BCUT2D eigenvalue weighted by Crippen LogP contribution is -2.05. The predicted molar refractivity (Wildman–Crippen MR) is 244 cm³/mol. The quantitative estimate of drug-likeness (QED) is 0.164. The Hall–Kier alpha value is -7.47. The Labute approximate surface area is 349 Å². The molecule has 0 atom stereocenters. The van der Waals surface area contributed by atoms with Gasteiger partial charge in [-0.1, -0.05) is 152 Å². The minimum Gasteiger partial charge on any atom is -0.308 e. The summed E-state index contributed by atoms with van der Waals surface area (Å²) in [7, 11) is 0. The SMILES string of the molecule is [2H]c1c([2H])c([2H])c2c(c1[2H])c1c([2H])c([2H])c([2H])c([2H])c1n2-c1cccc(-c2cccc3cc4ccccc4cc23)c1-c1nc(-c2ccccc2)nc(-c2ccc3c(c2)sc2ccccc23)n1. The van der Waals surface area contributed by atoms with Crippen molar-refractivity contribution in [3.8, 4) is 51.0 Å². The average Bonchev–Trinajstić information content (AvgIpc) is 3.92. The molecule has 0 saturated carbocycles. The van der Waals surface area contributed by atoms with Crippen LogP contribution in [0.5, 0.6) is 0 Å². The number of thiophene rings is 1. The van der Waals surface area contributed by atoms with Crippen LogP contribution >= 0.6 is 11.3 Å². The molecule has 0 N–H and O–H groups in total. The lowest BCUT2D eigenvalue weighted by molar-refractivity contribution is 1.07. The number of fused-ring (bicyclic) bond motifs is 8. The van der Waals surface area contributed by atoms with E-state index in [0.717, 1.165) is 58.4 Å². The molecule has 9 aromatic carbocycles. The van der Waals surface area contributed by atoms with E-state index in [1.807, 2.05) is 84.9 Å². The summed E-state index contributed by atoms with van der Waals surface area (Å²) >= 11 is 1.69. The van der Waals surface area contributed by atoms with Gasteiger partial charge in [0.2, 0.25) is 0 Å². The van der Waals surface area contributed by atoms with Crippen molar-refractivity contribution in [1.29, 1.82) is 0 Å². The first-order chi connectivity index (χ1) is 32.1. The van der Waals surface area contributed by atoms with Gasteiger partial charge >= 0.3 is 0 Å². The van der Waals surface area contributed by atoms with Gasteiger partial charge in [0.15, 0.2) is 17.5 Å². The first-order valence-electron chi connectivity index (χ1n) is 22.9. The van der Waals surface area contributed by atoms with Crippen LogP contribution in [0.3, 0.4) is 0 Å². The molecule has 0 aliphatic rings. The molecule has 0 amide bonds. The third-order valence-electron chi connectivity index (χ3n) is 10.9. The van der Waals surface area contributed by atoms with E-state index in [9.17, 15) is 5.48 Å².